The van der Waals surface area contributed by atoms with Gasteiger partial charge in [0.25, 0.3) is 5.91 Å². The van der Waals surface area contributed by atoms with Crippen molar-refractivity contribution in [3.8, 4) is 0 Å². The summed E-state index contributed by atoms with van der Waals surface area (Å²) in [6.07, 6.45) is 5.05. The summed E-state index contributed by atoms with van der Waals surface area (Å²) in [5.41, 5.74) is 9.74. The van der Waals surface area contributed by atoms with Gasteiger partial charge in [0.1, 0.15) is 11.4 Å². The molecule has 11 nitrogen and oxygen atoms in total. The van der Waals surface area contributed by atoms with E-state index in [-0.39, 0.29) is 5.91 Å². The number of anilines is 4. The number of nitrogens with zero attached hydrogens (tertiary/aromatic N) is 7. The first-order valence-electron chi connectivity index (χ1n) is 12.2. The standard InChI is InChI=1S/C26H34N10O/c1-4-29-26-31-15-23-24(32-26)34(3)12-13-35(25(23)37)21-9-7-10-22(14-21)36(28)17-19(27)16-33(2)18-20-8-5-6-11-30-20/h5-11,14-15,17H,4,12-13,16,18,27-28H2,1-3H3,(H,29,31,32)/b19-17-. The number of amides is 1. The molecule has 0 saturated heterocycles. The summed E-state index contributed by atoms with van der Waals surface area (Å²) in [7, 11) is 3.90. The number of aromatic nitrogens is 3. The smallest absolute Gasteiger partial charge is 0.263 e. The molecule has 37 heavy (non-hydrogen) atoms. The lowest BCUT2D eigenvalue weighted by atomic mass is 10.2. The van der Waals surface area contributed by atoms with Crippen LogP contribution in [0.2, 0.25) is 0 Å². The van der Waals surface area contributed by atoms with Gasteiger partial charge in [-0.15, -0.1) is 0 Å². The number of carbonyl (C=O) groups excluding carboxylic acids is 1. The molecule has 0 saturated carbocycles. The second kappa shape index (κ2) is 11.7. The average molecular weight is 503 g/mol. The van der Waals surface area contributed by atoms with E-state index in [9.17, 15) is 4.79 Å². The molecule has 5 N–H and O–H groups in total. The Bertz CT molecular complexity index is 1250. The van der Waals surface area contributed by atoms with Crippen LogP contribution >= 0.6 is 0 Å². The fraction of sp³-hybridized carbons (Fsp3) is 0.308. The lowest BCUT2D eigenvalue weighted by Gasteiger charge is -2.23. The molecule has 4 rings (SSSR count). The van der Waals surface area contributed by atoms with E-state index in [1.54, 1.807) is 23.5 Å². The highest BCUT2D eigenvalue weighted by Gasteiger charge is 2.28. The number of pyridine rings is 1. The quantitative estimate of drug-likeness (QED) is 0.295. The molecular formula is C26H34N10O. The zero-order valence-electron chi connectivity index (χ0n) is 21.5. The zero-order chi connectivity index (χ0) is 26.4. The van der Waals surface area contributed by atoms with Gasteiger partial charge in [-0.25, -0.2) is 10.8 Å². The topological polar surface area (TPSA) is 133 Å². The number of nitrogens with one attached hydrogen (secondary N) is 1. The van der Waals surface area contributed by atoms with Crippen LogP contribution in [0.4, 0.5) is 23.1 Å². The van der Waals surface area contributed by atoms with Crippen LogP contribution < -0.4 is 31.7 Å². The Kier molecular flexibility index (Phi) is 8.16. The summed E-state index contributed by atoms with van der Waals surface area (Å²) in [6.45, 7) is 4.97. The number of likely N-dealkylation sites (N-methyl/N-ethyl adjacent to an activating group) is 2. The molecule has 0 bridgehead atoms. The predicted molar refractivity (Wildman–Crippen MR) is 147 cm³/mol. The second-order valence-electron chi connectivity index (χ2n) is 8.96. The molecule has 0 spiro atoms. The summed E-state index contributed by atoms with van der Waals surface area (Å²) in [4.78, 5) is 32.5. The van der Waals surface area contributed by atoms with E-state index >= 15 is 0 Å². The maximum atomic E-state index is 13.5. The molecule has 1 amide bonds. The highest BCUT2D eigenvalue weighted by Crippen LogP contribution is 2.28. The number of fused-ring (bicyclic) bond motifs is 1. The first kappa shape index (κ1) is 25.9. The average Bonchev–Trinajstić information content (AvgIpc) is 3.00. The van der Waals surface area contributed by atoms with Crippen molar-refractivity contribution in [2.75, 3.05) is 60.4 Å². The lowest BCUT2D eigenvalue weighted by molar-refractivity contribution is 0.0989. The van der Waals surface area contributed by atoms with Crippen LogP contribution in [0.1, 0.15) is 23.0 Å². The SMILES string of the molecule is CCNc1ncc2c(n1)N(C)CCN(c1cccc(N(N)/C=C(\N)CN(C)Cc3ccccn3)c1)C2=O. The Morgan fingerprint density at radius 2 is 2.03 bits per heavy atom. The van der Waals surface area contributed by atoms with Crippen molar-refractivity contribution < 1.29 is 4.79 Å². The van der Waals surface area contributed by atoms with Gasteiger partial charge in [-0.2, -0.15) is 4.98 Å². The summed E-state index contributed by atoms with van der Waals surface area (Å²) in [5.74, 6) is 7.30. The molecule has 0 aliphatic carbocycles. The van der Waals surface area contributed by atoms with Crippen LogP contribution in [0, 0.1) is 0 Å². The Labute approximate surface area is 217 Å². The fourth-order valence-electron chi connectivity index (χ4n) is 4.16. The van der Waals surface area contributed by atoms with Crippen molar-refractivity contribution in [3.63, 3.8) is 0 Å². The molecule has 1 aliphatic rings. The van der Waals surface area contributed by atoms with Crippen molar-refractivity contribution in [2.24, 2.45) is 11.6 Å². The highest BCUT2D eigenvalue weighted by atomic mass is 16.2. The van der Waals surface area contributed by atoms with Gasteiger partial charge in [0.2, 0.25) is 5.95 Å². The number of rotatable bonds is 9. The summed E-state index contributed by atoms with van der Waals surface area (Å²) in [6, 6.07) is 13.3. The van der Waals surface area contributed by atoms with Gasteiger partial charge in [-0.05, 0) is 44.3 Å². The monoisotopic (exact) mass is 502 g/mol. The third-order valence-electron chi connectivity index (χ3n) is 5.95. The minimum Gasteiger partial charge on any atom is -0.400 e. The van der Waals surface area contributed by atoms with Gasteiger partial charge < -0.3 is 20.9 Å². The predicted octanol–water partition coefficient (Wildman–Crippen LogP) is 2.01. The van der Waals surface area contributed by atoms with Crippen molar-refractivity contribution >= 4 is 29.0 Å². The maximum Gasteiger partial charge on any atom is 0.263 e. The molecule has 2 aromatic heterocycles. The van der Waals surface area contributed by atoms with Crippen LogP contribution in [0.5, 0.6) is 0 Å². The first-order chi connectivity index (χ1) is 17.9. The van der Waals surface area contributed by atoms with Crippen LogP contribution in [-0.4, -0.2) is 66.0 Å². The van der Waals surface area contributed by atoms with Gasteiger partial charge in [0.15, 0.2) is 0 Å². The Balaban J connectivity index is 1.49. The molecule has 1 aromatic carbocycles. The first-order valence-corrected chi connectivity index (χ1v) is 12.2. The van der Waals surface area contributed by atoms with E-state index in [4.69, 9.17) is 11.6 Å². The molecule has 1 aliphatic heterocycles. The number of carbonyl (C=O) groups is 1. The summed E-state index contributed by atoms with van der Waals surface area (Å²) in [5, 5.41) is 4.57. The zero-order valence-corrected chi connectivity index (χ0v) is 21.5. The molecule has 3 aromatic rings. The van der Waals surface area contributed by atoms with Gasteiger partial charge in [0, 0.05) is 69.7 Å². The number of nitrogens with two attached hydrogens (primary N) is 2. The van der Waals surface area contributed by atoms with Crippen LogP contribution in [-0.2, 0) is 6.54 Å². The van der Waals surface area contributed by atoms with Crippen molar-refractivity contribution in [1.82, 2.24) is 19.9 Å². The normalized spacial score (nSPS) is 14.0. The van der Waals surface area contributed by atoms with Gasteiger partial charge in [0.05, 0.1) is 11.4 Å². The van der Waals surface area contributed by atoms with E-state index in [0.717, 1.165) is 11.4 Å². The molecule has 0 fully saturated rings. The van der Waals surface area contributed by atoms with Gasteiger partial charge in [-0.1, -0.05) is 12.1 Å². The summed E-state index contributed by atoms with van der Waals surface area (Å²) >= 11 is 0. The van der Waals surface area contributed by atoms with E-state index in [1.165, 1.54) is 5.01 Å². The van der Waals surface area contributed by atoms with Crippen LogP contribution in [0.25, 0.3) is 0 Å². The Morgan fingerprint density at radius 3 is 2.78 bits per heavy atom. The number of benzene rings is 1. The van der Waals surface area contributed by atoms with Crippen molar-refractivity contribution in [3.05, 3.63) is 78.0 Å². The molecule has 0 unspecified atom stereocenters. The maximum absolute atomic E-state index is 13.5. The summed E-state index contributed by atoms with van der Waals surface area (Å²) < 4.78 is 0. The van der Waals surface area contributed by atoms with Crippen LogP contribution in [0.15, 0.2) is 66.8 Å². The van der Waals surface area contributed by atoms with E-state index in [1.807, 2.05) is 68.4 Å². The Morgan fingerprint density at radius 1 is 1.19 bits per heavy atom. The molecule has 0 radical (unpaired) electrons. The molecule has 3 heterocycles. The van der Waals surface area contributed by atoms with Crippen molar-refractivity contribution in [2.45, 2.75) is 13.5 Å². The minimum atomic E-state index is -0.158. The third-order valence-corrected chi connectivity index (χ3v) is 5.95. The van der Waals surface area contributed by atoms with Crippen molar-refractivity contribution in [1.29, 1.82) is 0 Å². The number of hydrazine groups is 1. The second-order valence-corrected chi connectivity index (χ2v) is 8.96. The van der Waals surface area contributed by atoms with E-state index < -0.39 is 0 Å². The number of hydrogen-bond acceptors (Lipinski definition) is 10. The molecule has 194 valence electrons. The Hall–Kier alpha value is -4.22. The lowest BCUT2D eigenvalue weighted by Crippen LogP contribution is -2.34. The largest absolute Gasteiger partial charge is 0.400 e. The van der Waals surface area contributed by atoms with Gasteiger partial charge in [-0.3, -0.25) is 19.7 Å². The molecule has 0 atom stereocenters. The highest BCUT2D eigenvalue weighted by molar-refractivity contribution is 6.09. The fourth-order valence-corrected chi connectivity index (χ4v) is 4.16. The van der Waals surface area contributed by atoms with E-state index in [2.05, 4.69) is 25.2 Å². The minimum absolute atomic E-state index is 0.158. The van der Waals surface area contributed by atoms with Crippen LogP contribution in [0.3, 0.4) is 0 Å². The van der Waals surface area contributed by atoms with E-state index in [0.29, 0.717) is 61.4 Å². The number of hydrogen-bond donors (Lipinski definition) is 3. The van der Waals surface area contributed by atoms with Gasteiger partial charge >= 0.3 is 0 Å². The molecular weight excluding hydrogens is 468 g/mol. The third kappa shape index (κ3) is 6.32. The molecule has 11 heteroatoms.